The van der Waals surface area contributed by atoms with Crippen molar-refractivity contribution in [2.24, 2.45) is 5.92 Å². The molecule has 0 bridgehead atoms. The number of amides is 1. The molecule has 6 heteroatoms. The molecule has 0 spiro atoms. The van der Waals surface area contributed by atoms with Gasteiger partial charge in [-0.1, -0.05) is 24.6 Å². The molecule has 1 fully saturated rings. The van der Waals surface area contributed by atoms with E-state index in [9.17, 15) is 4.79 Å². The molecule has 2 aromatic rings. The summed E-state index contributed by atoms with van der Waals surface area (Å²) < 4.78 is 0. The Hall–Kier alpha value is -2.14. The van der Waals surface area contributed by atoms with Crippen LogP contribution in [0.4, 0.5) is 11.6 Å². The number of benzene rings is 1. The number of carbonyl (C=O) groups excluding carboxylic acids is 1. The number of aromatic nitrogens is 2. The first-order chi connectivity index (χ1) is 12.3. The van der Waals surface area contributed by atoms with Gasteiger partial charge in [-0.25, -0.2) is 9.97 Å². The number of carbonyl (C=O) groups is 1. The molecule has 0 atom stereocenters. The standard InChI is InChI=1S/C20H25ClN4O/c1-12-5-7-25(8-6-12)19(26)17-11-15(4)22-20(23-17)24-18-14(3)9-13(2)10-16(18)21/h9-12H,5-8H2,1-4H3,(H,22,23,24). The minimum absolute atomic E-state index is 0.0304. The van der Waals surface area contributed by atoms with E-state index in [2.05, 4.69) is 22.2 Å². The van der Waals surface area contributed by atoms with Crippen LogP contribution in [0.2, 0.25) is 5.02 Å². The Morgan fingerprint density at radius 3 is 2.50 bits per heavy atom. The fraction of sp³-hybridized carbons (Fsp3) is 0.450. The fourth-order valence-electron chi connectivity index (χ4n) is 3.29. The van der Waals surface area contributed by atoms with Gasteiger partial charge in [-0.3, -0.25) is 4.79 Å². The van der Waals surface area contributed by atoms with Gasteiger partial charge in [0.15, 0.2) is 0 Å². The van der Waals surface area contributed by atoms with E-state index in [1.807, 2.05) is 37.8 Å². The Morgan fingerprint density at radius 2 is 1.85 bits per heavy atom. The minimum atomic E-state index is -0.0304. The highest BCUT2D eigenvalue weighted by atomic mass is 35.5. The van der Waals surface area contributed by atoms with Crippen LogP contribution in [-0.4, -0.2) is 33.9 Å². The Labute approximate surface area is 159 Å². The molecule has 1 aliphatic heterocycles. The van der Waals surface area contributed by atoms with Gasteiger partial charge < -0.3 is 10.2 Å². The molecule has 1 amide bonds. The maximum Gasteiger partial charge on any atom is 0.272 e. The third-order valence-electron chi connectivity index (χ3n) is 4.81. The molecule has 5 nitrogen and oxygen atoms in total. The van der Waals surface area contributed by atoms with Crippen molar-refractivity contribution in [1.29, 1.82) is 0 Å². The molecule has 1 N–H and O–H groups in total. The number of halogens is 1. The van der Waals surface area contributed by atoms with Crippen molar-refractivity contribution in [2.75, 3.05) is 18.4 Å². The van der Waals surface area contributed by atoms with Crippen molar-refractivity contribution in [3.63, 3.8) is 0 Å². The van der Waals surface area contributed by atoms with Crippen LogP contribution in [0.5, 0.6) is 0 Å². The van der Waals surface area contributed by atoms with E-state index in [0.717, 1.165) is 48.4 Å². The van der Waals surface area contributed by atoms with Crippen LogP contribution >= 0.6 is 11.6 Å². The maximum atomic E-state index is 12.8. The Balaban J connectivity index is 1.85. The number of nitrogens with one attached hydrogen (secondary N) is 1. The quantitative estimate of drug-likeness (QED) is 0.850. The predicted octanol–water partition coefficient (Wildman–Crippen LogP) is 4.67. The van der Waals surface area contributed by atoms with Gasteiger partial charge in [0.2, 0.25) is 5.95 Å². The van der Waals surface area contributed by atoms with Gasteiger partial charge in [-0.05, 0) is 62.8 Å². The van der Waals surface area contributed by atoms with E-state index in [0.29, 0.717) is 22.6 Å². The number of aryl methyl sites for hydroxylation is 3. The summed E-state index contributed by atoms with van der Waals surface area (Å²) >= 11 is 6.37. The lowest BCUT2D eigenvalue weighted by atomic mass is 9.99. The van der Waals surface area contributed by atoms with Gasteiger partial charge in [0.05, 0.1) is 10.7 Å². The molecule has 0 aliphatic carbocycles. The molecule has 1 aromatic heterocycles. The van der Waals surface area contributed by atoms with Gasteiger partial charge in [0.1, 0.15) is 5.69 Å². The van der Waals surface area contributed by atoms with E-state index in [1.54, 1.807) is 6.07 Å². The Bertz CT molecular complexity index is 806. The monoisotopic (exact) mass is 372 g/mol. The topological polar surface area (TPSA) is 58.1 Å². The van der Waals surface area contributed by atoms with Gasteiger partial charge in [-0.15, -0.1) is 0 Å². The van der Waals surface area contributed by atoms with Crippen molar-refractivity contribution in [3.8, 4) is 0 Å². The summed E-state index contributed by atoms with van der Waals surface area (Å²) in [4.78, 5) is 23.6. The molecule has 1 saturated heterocycles. The molecule has 0 saturated carbocycles. The maximum absolute atomic E-state index is 12.8. The second kappa shape index (κ2) is 7.62. The number of piperidine rings is 1. The number of anilines is 2. The second-order valence-electron chi connectivity index (χ2n) is 7.26. The Kier molecular flexibility index (Phi) is 5.47. The molecule has 138 valence electrons. The van der Waals surface area contributed by atoms with Crippen LogP contribution in [0, 0.1) is 26.7 Å². The zero-order valence-electron chi connectivity index (χ0n) is 15.8. The van der Waals surface area contributed by atoms with Crippen LogP contribution in [0.1, 0.15) is 47.1 Å². The second-order valence-corrected chi connectivity index (χ2v) is 7.66. The van der Waals surface area contributed by atoms with Crippen LogP contribution in [0.3, 0.4) is 0 Å². The molecular weight excluding hydrogens is 348 g/mol. The van der Waals surface area contributed by atoms with Crippen LogP contribution in [0.25, 0.3) is 0 Å². The van der Waals surface area contributed by atoms with E-state index in [-0.39, 0.29) is 5.91 Å². The van der Waals surface area contributed by atoms with Crippen LogP contribution < -0.4 is 5.32 Å². The van der Waals surface area contributed by atoms with Gasteiger partial charge in [0.25, 0.3) is 5.91 Å². The van der Waals surface area contributed by atoms with Gasteiger partial charge in [0, 0.05) is 18.8 Å². The van der Waals surface area contributed by atoms with Crippen molar-refractivity contribution >= 4 is 29.1 Å². The first-order valence-corrected chi connectivity index (χ1v) is 9.40. The van der Waals surface area contributed by atoms with E-state index in [1.165, 1.54) is 0 Å². The average molecular weight is 373 g/mol. The summed E-state index contributed by atoms with van der Waals surface area (Å²) in [6, 6.07) is 5.69. The fourth-order valence-corrected chi connectivity index (χ4v) is 3.66. The summed E-state index contributed by atoms with van der Waals surface area (Å²) in [6.07, 6.45) is 2.08. The highest BCUT2D eigenvalue weighted by Gasteiger charge is 2.23. The molecule has 26 heavy (non-hydrogen) atoms. The lowest BCUT2D eigenvalue weighted by Crippen LogP contribution is -2.38. The molecule has 3 rings (SSSR count). The first kappa shape index (κ1) is 18.6. The molecule has 0 unspecified atom stereocenters. The Morgan fingerprint density at radius 1 is 1.15 bits per heavy atom. The van der Waals surface area contributed by atoms with Crippen molar-refractivity contribution < 1.29 is 4.79 Å². The first-order valence-electron chi connectivity index (χ1n) is 9.02. The highest BCUT2D eigenvalue weighted by Crippen LogP contribution is 2.29. The van der Waals surface area contributed by atoms with Crippen molar-refractivity contribution in [2.45, 2.75) is 40.5 Å². The number of hydrogen-bond acceptors (Lipinski definition) is 4. The summed E-state index contributed by atoms with van der Waals surface area (Å²) in [6.45, 7) is 9.65. The summed E-state index contributed by atoms with van der Waals surface area (Å²) in [5, 5.41) is 3.81. The third-order valence-corrected chi connectivity index (χ3v) is 5.11. The lowest BCUT2D eigenvalue weighted by Gasteiger charge is -2.30. The normalized spacial score (nSPS) is 15.2. The zero-order chi connectivity index (χ0) is 18.8. The smallest absolute Gasteiger partial charge is 0.272 e. The molecule has 0 radical (unpaired) electrons. The molecule has 2 heterocycles. The lowest BCUT2D eigenvalue weighted by molar-refractivity contribution is 0.0691. The van der Waals surface area contributed by atoms with E-state index < -0.39 is 0 Å². The van der Waals surface area contributed by atoms with Crippen molar-refractivity contribution in [1.82, 2.24) is 14.9 Å². The minimum Gasteiger partial charge on any atom is -0.337 e. The third kappa shape index (κ3) is 4.15. The summed E-state index contributed by atoms with van der Waals surface area (Å²) in [5.41, 5.74) is 4.05. The van der Waals surface area contributed by atoms with Crippen LogP contribution in [-0.2, 0) is 0 Å². The average Bonchev–Trinajstić information content (AvgIpc) is 2.57. The summed E-state index contributed by atoms with van der Waals surface area (Å²) in [5.74, 6) is 1.04. The number of hydrogen-bond donors (Lipinski definition) is 1. The predicted molar refractivity (Wildman–Crippen MR) is 105 cm³/mol. The number of rotatable bonds is 3. The summed E-state index contributed by atoms with van der Waals surface area (Å²) in [7, 11) is 0. The highest BCUT2D eigenvalue weighted by molar-refractivity contribution is 6.33. The number of likely N-dealkylation sites (tertiary alicyclic amines) is 1. The van der Waals surface area contributed by atoms with Crippen LogP contribution in [0.15, 0.2) is 18.2 Å². The molecular formula is C20H25ClN4O. The van der Waals surface area contributed by atoms with Gasteiger partial charge in [-0.2, -0.15) is 0 Å². The van der Waals surface area contributed by atoms with E-state index in [4.69, 9.17) is 11.6 Å². The van der Waals surface area contributed by atoms with E-state index >= 15 is 0 Å². The zero-order valence-corrected chi connectivity index (χ0v) is 16.5. The number of nitrogens with zero attached hydrogens (tertiary/aromatic N) is 3. The SMILES string of the molecule is Cc1cc(C)c(Nc2nc(C)cc(C(=O)N3CCC(C)CC3)n2)c(Cl)c1. The van der Waals surface area contributed by atoms with Gasteiger partial charge >= 0.3 is 0 Å². The molecule has 1 aromatic carbocycles. The largest absolute Gasteiger partial charge is 0.337 e. The molecule has 1 aliphatic rings. The van der Waals surface area contributed by atoms with Crippen molar-refractivity contribution in [3.05, 3.63) is 45.7 Å².